The molecule has 0 aliphatic heterocycles. The molecule has 18 heavy (non-hydrogen) atoms. The molecule has 4 nitrogen and oxygen atoms in total. The van der Waals surface area contributed by atoms with Crippen LogP contribution in [0.3, 0.4) is 0 Å². The maximum absolute atomic E-state index is 11.2. The summed E-state index contributed by atoms with van der Waals surface area (Å²) < 4.78 is 10.3. The monoisotopic (exact) mass is 270 g/mol. The van der Waals surface area contributed by atoms with Crippen LogP contribution in [0.2, 0.25) is 0 Å². The summed E-state index contributed by atoms with van der Waals surface area (Å²) in [6, 6.07) is 5.38. The molecule has 0 saturated heterocycles. The van der Waals surface area contributed by atoms with Crippen molar-refractivity contribution in [3.05, 3.63) is 18.2 Å². The third-order valence-corrected chi connectivity index (χ3v) is 3.94. The molecular formula is C13H18O4S. The van der Waals surface area contributed by atoms with Crippen LogP contribution >= 0.6 is 11.8 Å². The standard InChI is InChI=1S/C13H18O4S/c1-8(2)12(13(14)15)18-11-6-9(16-3)5-10(7-11)17-4/h5-8,12H,1-4H3,(H,14,15)/t12-/m0/s1. The van der Waals surface area contributed by atoms with Crippen molar-refractivity contribution in [3.8, 4) is 11.5 Å². The summed E-state index contributed by atoms with van der Waals surface area (Å²) in [4.78, 5) is 12.0. The Balaban J connectivity index is 2.98. The van der Waals surface area contributed by atoms with Gasteiger partial charge in [0, 0.05) is 11.0 Å². The summed E-state index contributed by atoms with van der Waals surface area (Å²) >= 11 is 1.30. The first-order chi connectivity index (χ1) is 8.47. The maximum atomic E-state index is 11.2. The number of ether oxygens (including phenoxy) is 2. The number of hydrogen-bond acceptors (Lipinski definition) is 4. The first-order valence-corrected chi connectivity index (χ1v) is 6.48. The number of benzene rings is 1. The second kappa shape index (κ2) is 6.54. The lowest BCUT2D eigenvalue weighted by molar-refractivity contribution is -0.137. The van der Waals surface area contributed by atoms with Gasteiger partial charge in [0.2, 0.25) is 0 Å². The molecule has 0 bridgehead atoms. The van der Waals surface area contributed by atoms with Gasteiger partial charge in [0.1, 0.15) is 16.7 Å². The Morgan fingerprint density at radius 3 is 2.00 bits per heavy atom. The molecule has 100 valence electrons. The van der Waals surface area contributed by atoms with Gasteiger partial charge in [-0.3, -0.25) is 4.79 Å². The Kier molecular flexibility index (Phi) is 5.34. The predicted octanol–water partition coefficient (Wildman–Crippen LogP) is 2.91. The van der Waals surface area contributed by atoms with Gasteiger partial charge in [0.25, 0.3) is 0 Å². The Bertz CT molecular complexity index is 395. The number of carboxylic acids is 1. The van der Waals surface area contributed by atoms with E-state index in [-0.39, 0.29) is 5.92 Å². The highest BCUT2D eigenvalue weighted by molar-refractivity contribution is 8.00. The van der Waals surface area contributed by atoms with Crippen LogP contribution in [0.4, 0.5) is 0 Å². The van der Waals surface area contributed by atoms with E-state index in [2.05, 4.69) is 0 Å². The van der Waals surface area contributed by atoms with E-state index in [1.165, 1.54) is 11.8 Å². The Labute approximate surface area is 111 Å². The fraction of sp³-hybridized carbons (Fsp3) is 0.462. The minimum Gasteiger partial charge on any atom is -0.497 e. The predicted molar refractivity (Wildman–Crippen MR) is 71.7 cm³/mol. The Hall–Kier alpha value is -1.36. The van der Waals surface area contributed by atoms with Gasteiger partial charge in [-0.1, -0.05) is 13.8 Å². The molecule has 0 heterocycles. The summed E-state index contributed by atoms with van der Waals surface area (Å²) in [6.07, 6.45) is 0. The molecule has 0 aliphatic carbocycles. The fourth-order valence-corrected chi connectivity index (χ4v) is 2.50. The van der Waals surface area contributed by atoms with Gasteiger partial charge < -0.3 is 14.6 Å². The van der Waals surface area contributed by atoms with E-state index in [9.17, 15) is 9.90 Å². The van der Waals surface area contributed by atoms with Gasteiger partial charge in [-0.15, -0.1) is 11.8 Å². The van der Waals surface area contributed by atoms with Gasteiger partial charge in [-0.05, 0) is 18.1 Å². The van der Waals surface area contributed by atoms with E-state index in [0.29, 0.717) is 11.5 Å². The minimum atomic E-state index is -0.809. The van der Waals surface area contributed by atoms with Crippen LogP contribution in [0.15, 0.2) is 23.1 Å². The maximum Gasteiger partial charge on any atom is 0.317 e. The molecule has 0 amide bonds. The lowest BCUT2D eigenvalue weighted by Gasteiger charge is -2.16. The molecule has 0 fully saturated rings. The number of carbonyl (C=O) groups is 1. The summed E-state index contributed by atoms with van der Waals surface area (Å²) in [5.41, 5.74) is 0. The minimum absolute atomic E-state index is 0.0460. The molecule has 0 radical (unpaired) electrons. The molecule has 1 aromatic carbocycles. The van der Waals surface area contributed by atoms with E-state index in [0.717, 1.165) is 4.90 Å². The van der Waals surface area contributed by atoms with Crippen molar-refractivity contribution >= 4 is 17.7 Å². The topological polar surface area (TPSA) is 55.8 Å². The number of hydrogen-bond donors (Lipinski definition) is 1. The van der Waals surface area contributed by atoms with Crippen LogP contribution in [-0.4, -0.2) is 30.5 Å². The van der Waals surface area contributed by atoms with Gasteiger partial charge in [0.15, 0.2) is 0 Å². The lowest BCUT2D eigenvalue weighted by Crippen LogP contribution is -2.22. The number of rotatable bonds is 6. The van der Waals surface area contributed by atoms with Crippen LogP contribution in [0.1, 0.15) is 13.8 Å². The summed E-state index contributed by atoms with van der Waals surface area (Å²) in [7, 11) is 3.14. The third kappa shape index (κ3) is 3.84. The molecule has 0 spiro atoms. The first kappa shape index (κ1) is 14.7. The molecule has 0 aliphatic rings. The zero-order chi connectivity index (χ0) is 13.7. The highest BCUT2D eigenvalue weighted by Gasteiger charge is 2.23. The zero-order valence-electron chi connectivity index (χ0n) is 11.0. The second-order valence-electron chi connectivity index (χ2n) is 4.17. The van der Waals surface area contributed by atoms with Crippen molar-refractivity contribution in [1.29, 1.82) is 0 Å². The Morgan fingerprint density at radius 2 is 1.67 bits per heavy atom. The van der Waals surface area contributed by atoms with Crippen molar-refractivity contribution < 1.29 is 19.4 Å². The van der Waals surface area contributed by atoms with E-state index in [1.807, 2.05) is 26.0 Å². The average Bonchev–Trinajstić information content (AvgIpc) is 2.34. The summed E-state index contributed by atoms with van der Waals surface area (Å²) in [5.74, 6) is 0.552. The highest BCUT2D eigenvalue weighted by atomic mass is 32.2. The van der Waals surface area contributed by atoms with E-state index in [4.69, 9.17) is 9.47 Å². The van der Waals surface area contributed by atoms with Crippen LogP contribution in [-0.2, 0) is 4.79 Å². The molecule has 5 heteroatoms. The fourth-order valence-electron chi connectivity index (χ4n) is 1.47. The molecule has 1 aromatic rings. The van der Waals surface area contributed by atoms with Crippen LogP contribution in [0.25, 0.3) is 0 Å². The van der Waals surface area contributed by atoms with Crippen molar-refractivity contribution in [2.75, 3.05) is 14.2 Å². The highest BCUT2D eigenvalue weighted by Crippen LogP contribution is 2.34. The van der Waals surface area contributed by atoms with E-state index in [1.54, 1.807) is 20.3 Å². The van der Waals surface area contributed by atoms with Crippen molar-refractivity contribution in [2.24, 2.45) is 5.92 Å². The van der Waals surface area contributed by atoms with Crippen LogP contribution in [0.5, 0.6) is 11.5 Å². The zero-order valence-corrected chi connectivity index (χ0v) is 11.8. The quantitative estimate of drug-likeness (QED) is 0.805. The van der Waals surface area contributed by atoms with Gasteiger partial charge in [0.05, 0.1) is 14.2 Å². The molecule has 1 rings (SSSR count). The molecular weight excluding hydrogens is 252 g/mol. The summed E-state index contributed by atoms with van der Waals surface area (Å²) in [6.45, 7) is 3.78. The van der Waals surface area contributed by atoms with Crippen LogP contribution in [0, 0.1) is 5.92 Å². The largest absolute Gasteiger partial charge is 0.497 e. The second-order valence-corrected chi connectivity index (χ2v) is 5.38. The Morgan fingerprint density at radius 1 is 1.17 bits per heavy atom. The van der Waals surface area contributed by atoms with Crippen LogP contribution < -0.4 is 9.47 Å². The summed E-state index contributed by atoms with van der Waals surface area (Å²) in [5, 5.41) is 8.69. The number of thioether (sulfide) groups is 1. The smallest absolute Gasteiger partial charge is 0.317 e. The molecule has 0 saturated carbocycles. The number of carboxylic acid groups (broad SMARTS) is 1. The van der Waals surface area contributed by atoms with Crippen molar-refractivity contribution in [2.45, 2.75) is 24.0 Å². The first-order valence-electron chi connectivity index (χ1n) is 5.60. The molecule has 1 atom stereocenters. The van der Waals surface area contributed by atoms with Crippen molar-refractivity contribution in [1.82, 2.24) is 0 Å². The number of methoxy groups -OCH3 is 2. The molecule has 1 N–H and O–H groups in total. The van der Waals surface area contributed by atoms with E-state index < -0.39 is 11.2 Å². The SMILES string of the molecule is COc1cc(OC)cc(S[C@H](C(=O)O)C(C)C)c1. The van der Waals surface area contributed by atoms with Crippen molar-refractivity contribution in [3.63, 3.8) is 0 Å². The van der Waals surface area contributed by atoms with Gasteiger partial charge >= 0.3 is 5.97 Å². The van der Waals surface area contributed by atoms with Gasteiger partial charge in [-0.25, -0.2) is 0 Å². The third-order valence-electron chi connectivity index (χ3n) is 2.44. The lowest BCUT2D eigenvalue weighted by atomic mass is 10.1. The molecule has 0 aromatic heterocycles. The van der Waals surface area contributed by atoms with E-state index >= 15 is 0 Å². The van der Waals surface area contributed by atoms with Gasteiger partial charge in [-0.2, -0.15) is 0 Å². The average molecular weight is 270 g/mol. The molecule has 0 unspecified atom stereocenters. The number of aliphatic carboxylic acids is 1. The normalized spacial score (nSPS) is 12.3.